The lowest BCUT2D eigenvalue weighted by atomic mass is 10.0. The molecule has 1 saturated heterocycles. The van der Waals surface area contributed by atoms with Crippen LogP contribution in [0.3, 0.4) is 0 Å². The summed E-state index contributed by atoms with van der Waals surface area (Å²) in [5.41, 5.74) is 1.96. The maximum absolute atomic E-state index is 12.7. The molecule has 1 aliphatic heterocycles. The number of nitrogens with one attached hydrogen (secondary N) is 1. The van der Waals surface area contributed by atoms with Gasteiger partial charge in [0.2, 0.25) is 0 Å². The molecular weight excluding hydrogens is 398 g/mol. The number of piperidine rings is 1. The SMILES string of the molecule is C[C@H]1CCCN(Cc2nc3scc(-c4ccc(Br)cc4)c3c(=O)[nH]2)C1. The molecule has 0 unspecified atom stereocenters. The van der Waals surface area contributed by atoms with E-state index in [0.29, 0.717) is 5.39 Å². The Morgan fingerprint density at radius 2 is 2.16 bits per heavy atom. The zero-order valence-corrected chi connectivity index (χ0v) is 16.5. The zero-order chi connectivity index (χ0) is 17.4. The van der Waals surface area contributed by atoms with Crippen LogP contribution >= 0.6 is 27.3 Å². The maximum Gasteiger partial charge on any atom is 0.260 e. The molecule has 1 atom stereocenters. The summed E-state index contributed by atoms with van der Waals surface area (Å²) in [4.78, 5) is 23.7. The maximum atomic E-state index is 12.7. The summed E-state index contributed by atoms with van der Waals surface area (Å²) < 4.78 is 1.03. The van der Waals surface area contributed by atoms with E-state index in [4.69, 9.17) is 4.98 Å². The van der Waals surface area contributed by atoms with Crippen LogP contribution in [-0.2, 0) is 6.54 Å². The summed E-state index contributed by atoms with van der Waals surface area (Å²) in [6.45, 7) is 5.17. The minimum absolute atomic E-state index is 0.0378. The first-order valence-corrected chi connectivity index (χ1v) is 10.3. The van der Waals surface area contributed by atoms with E-state index in [9.17, 15) is 4.79 Å². The molecule has 1 fully saturated rings. The van der Waals surface area contributed by atoms with Gasteiger partial charge in [-0.05, 0) is 43.0 Å². The quantitative estimate of drug-likeness (QED) is 0.674. The first-order chi connectivity index (χ1) is 12.1. The third kappa shape index (κ3) is 3.57. The predicted octanol–water partition coefficient (Wildman–Crippen LogP) is 4.65. The van der Waals surface area contributed by atoms with Gasteiger partial charge in [0, 0.05) is 22.0 Å². The normalized spacial score (nSPS) is 18.7. The molecule has 1 aromatic carbocycles. The molecule has 4 rings (SSSR count). The third-order valence-corrected chi connectivity index (χ3v) is 6.16. The van der Waals surface area contributed by atoms with Crippen LogP contribution in [0.2, 0.25) is 0 Å². The number of likely N-dealkylation sites (tertiary alicyclic amines) is 1. The summed E-state index contributed by atoms with van der Waals surface area (Å²) in [6.07, 6.45) is 2.52. The van der Waals surface area contributed by atoms with Crippen LogP contribution in [0.5, 0.6) is 0 Å². The Bertz CT molecular complexity index is 947. The number of aromatic amines is 1. The number of hydrogen-bond acceptors (Lipinski definition) is 4. The Morgan fingerprint density at radius 3 is 2.92 bits per heavy atom. The second-order valence-corrected chi connectivity index (χ2v) is 8.61. The van der Waals surface area contributed by atoms with Crippen molar-refractivity contribution >= 4 is 37.5 Å². The number of halogens is 1. The van der Waals surface area contributed by atoms with Crippen LogP contribution in [0.4, 0.5) is 0 Å². The lowest BCUT2D eigenvalue weighted by Gasteiger charge is -2.30. The summed E-state index contributed by atoms with van der Waals surface area (Å²) in [7, 11) is 0. The zero-order valence-electron chi connectivity index (χ0n) is 14.1. The van der Waals surface area contributed by atoms with Crippen molar-refractivity contribution < 1.29 is 0 Å². The molecule has 0 bridgehead atoms. The van der Waals surface area contributed by atoms with Crippen LogP contribution in [0.25, 0.3) is 21.3 Å². The number of aromatic nitrogens is 2. The van der Waals surface area contributed by atoms with E-state index in [-0.39, 0.29) is 5.56 Å². The van der Waals surface area contributed by atoms with Gasteiger partial charge < -0.3 is 4.98 Å². The van der Waals surface area contributed by atoms with Gasteiger partial charge in [-0.1, -0.05) is 35.0 Å². The predicted molar refractivity (Wildman–Crippen MR) is 107 cm³/mol. The molecule has 1 aliphatic rings. The molecule has 0 spiro atoms. The van der Waals surface area contributed by atoms with Crippen molar-refractivity contribution in [3.8, 4) is 11.1 Å². The number of fused-ring (bicyclic) bond motifs is 1. The molecule has 0 aliphatic carbocycles. The molecule has 3 heterocycles. The van der Waals surface area contributed by atoms with Gasteiger partial charge in [-0.3, -0.25) is 9.69 Å². The first-order valence-electron chi connectivity index (χ1n) is 8.59. The fourth-order valence-electron chi connectivity index (χ4n) is 3.55. The van der Waals surface area contributed by atoms with Gasteiger partial charge in [-0.15, -0.1) is 11.3 Å². The Hall–Kier alpha value is -1.50. The monoisotopic (exact) mass is 417 g/mol. The molecule has 2 aromatic heterocycles. The second-order valence-electron chi connectivity index (χ2n) is 6.83. The average molecular weight is 418 g/mol. The van der Waals surface area contributed by atoms with E-state index in [0.717, 1.165) is 51.8 Å². The highest BCUT2D eigenvalue weighted by Gasteiger charge is 2.18. The van der Waals surface area contributed by atoms with E-state index < -0.39 is 0 Å². The number of H-pyrrole nitrogens is 1. The van der Waals surface area contributed by atoms with E-state index in [1.54, 1.807) is 11.3 Å². The van der Waals surface area contributed by atoms with E-state index >= 15 is 0 Å². The summed E-state index contributed by atoms with van der Waals surface area (Å²) in [5.74, 6) is 1.49. The molecule has 6 heteroatoms. The molecule has 4 nitrogen and oxygen atoms in total. The van der Waals surface area contributed by atoms with Crippen molar-refractivity contribution in [1.29, 1.82) is 0 Å². The van der Waals surface area contributed by atoms with Crippen LogP contribution in [-0.4, -0.2) is 28.0 Å². The smallest absolute Gasteiger partial charge is 0.260 e. The molecule has 25 heavy (non-hydrogen) atoms. The average Bonchev–Trinajstić information content (AvgIpc) is 3.00. The standard InChI is InChI=1S/C19H20BrN3OS/c1-12-3-2-8-23(9-12)10-16-21-18(24)17-15(11-25-19(17)22-16)13-4-6-14(20)7-5-13/h4-7,11-12H,2-3,8-10H2,1H3,(H,21,22,24)/t12-/m0/s1. The van der Waals surface area contributed by atoms with Gasteiger partial charge in [0.05, 0.1) is 11.9 Å². The summed E-state index contributed by atoms with van der Waals surface area (Å²) >= 11 is 4.99. The van der Waals surface area contributed by atoms with Gasteiger partial charge in [0.15, 0.2) is 0 Å². The van der Waals surface area contributed by atoms with Crippen LogP contribution < -0.4 is 5.56 Å². The molecule has 0 saturated carbocycles. The van der Waals surface area contributed by atoms with Crippen molar-refractivity contribution in [2.75, 3.05) is 13.1 Å². The molecule has 3 aromatic rings. The van der Waals surface area contributed by atoms with Crippen molar-refractivity contribution in [2.24, 2.45) is 5.92 Å². The Balaban J connectivity index is 1.67. The molecule has 0 amide bonds. The highest BCUT2D eigenvalue weighted by molar-refractivity contribution is 9.10. The molecule has 130 valence electrons. The van der Waals surface area contributed by atoms with Crippen molar-refractivity contribution in [3.05, 3.63) is 50.3 Å². The lowest BCUT2D eigenvalue weighted by Crippen LogP contribution is -2.34. The Labute approximate surface area is 159 Å². The van der Waals surface area contributed by atoms with Gasteiger partial charge in [0.1, 0.15) is 10.7 Å². The van der Waals surface area contributed by atoms with Crippen LogP contribution in [0.15, 0.2) is 38.9 Å². The molecule has 1 N–H and O–H groups in total. The number of benzene rings is 1. The second kappa shape index (κ2) is 7.02. The van der Waals surface area contributed by atoms with Crippen molar-refractivity contribution in [1.82, 2.24) is 14.9 Å². The van der Waals surface area contributed by atoms with E-state index in [1.807, 2.05) is 29.6 Å². The minimum atomic E-state index is -0.0378. The fourth-order valence-corrected chi connectivity index (χ4v) is 4.78. The van der Waals surface area contributed by atoms with Crippen molar-refractivity contribution in [2.45, 2.75) is 26.3 Å². The van der Waals surface area contributed by atoms with Gasteiger partial charge >= 0.3 is 0 Å². The van der Waals surface area contributed by atoms with Crippen LogP contribution in [0, 0.1) is 5.92 Å². The summed E-state index contributed by atoms with van der Waals surface area (Å²) in [6, 6.07) is 8.03. The van der Waals surface area contributed by atoms with Crippen molar-refractivity contribution in [3.63, 3.8) is 0 Å². The highest BCUT2D eigenvalue weighted by atomic mass is 79.9. The van der Waals surface area contributed by atoms with E-state index in [2.05, 4.69) is 32.7 Å². The summed E-state index contributed by atoms with van der Waals surface area (Å²) in [5, 5.41) is 2.73. The first kappa shape index (κ1) is 16.9. The number of hydrogen-bond donors (Lipinski definition) is 1. The largest absolute Gasteiger partial charge is 0.309 e. The van der Waals surface area contributed by atoms with Gasteiger partial charge in [-0.25, -0.2) is 4.98 Å². The Kier molecular flexibility index (Phi) is 4.75. The number of nitrogens with zero attached hydrogens (tertiary/aromatic N) is 2. The minimum Gasteiger partial charge on any atom is -0.309 e. The fraction of sp³-hybridized carbons (Fsp3) is 0.368. The highest BCUT2D eigenvalue weighted by Crippen LogP contribution is 2.31. The lowest BCUT2D eigenvalue weighted by molar-refractivity contribution is 0.173. The Morgan fingerprint density at radius 1 is 1.36 bits per heavy atom. The van der Waals surface area contributed by atoms with Gasteiger partial charge in [0.25, 0.3) is 5.56 Å². The molecular formula is C19H20BrN3OS. The van der Waals surface area contributed by atoms with Gasteiger partial charge in [-0.2, -0.15) is 0 Å². The number of thiophene rings is 1. The number of rotatable bonds is 3. The topological polar surface area (TPSA) is 49.0 Å². The third-order valence-electron chi connectivity index (χ3n) is 4.76. The van der Waals surface area contributed by atoms with Crippen LogP contribution in [0.1, 0.15) is 25.6 Å². The molecule has 0 radical (unpaired) electrons. The van der Waals surface area contributed by atoms with E-state index in [1.165, 1.54) is 12.8 Å².